The summed E-state index contributed by atoms with van der Waals surface area (Å²) in [5, 5.41) is 13.5. The average Bonchev–Trinajstić information content (AvgIpc) is 4.24. The quantitative estimate of drug-likeness (QED) is 0.0592. The molecule has 17 heteroatoms. The van der Waals surface area contributed by atoms with Gasteiger partial charge in [0.1, 0.15) is 34.3 Å². The second-order valence-electron chi connectivity index (χ2n) is 19.1. The van der Waals surface area contributed by atoms with Gasteiger partial charge in [0.05, 0.1) is 18.7 Å². The number of aryl methyl sites for hydroxylation is 4. The minimum Gasteiger partial charge on any atom is -0.478 e. The maximum absolute atomic E-state index is 13.5. The number of carboxylic acid groups (broad SMARTS) is 1. The lowest BCUT2D eigenvalue weighted by molar-refractivity contribution is -0.115. The summed E-state index contributed by atoms with van der Waals surface area (Å²) in [6.45, 7) is 3.79. The average molecular weight is 1050 g/mol. The summed E-state index contributed by atoms with van der Waals surface area (Å²) < 4.78 is 62.8. The number of halogens is 4. The number of carbonyl (C=O) groups excluding carboxylic acids is 3. The molecule has 2 fully saturated rings. The van der Waals surface area contributed by atoms with Crippen molar-refractivity contribution in [3.63, 3.8) is 0 Å². The molecule has 77 heavy (non-hydrogen) atoms. The number of nitrogens with zero attached hydrogens (tertiary/aromatic N) is 3. The fraction of sp³-hybridized carbons (Fsp3) is 0.233. The summed E-state index contributed by atoms with van der Waals surface area (Å²) in [6.07, 6.45) is 11.1. The standard InChI is InChI=1S/C30H27F2N3O3.C26H22N2O4.C4H7F2N/c1-19-14-23(21-4-6-22(7-5-21)29(37)35-13-12-30(31,32)18-35)15-24-16-26(38-28(19)24)10-9-25(36)8-2-20-3-11-27(33)34-17-20;1-16-12-20(18-4-6-19(7-5-18)26(30)31)13-21-14-23(32-25(16)21)10-9-22(29)8-2-17-3-11-24(27)28-15-17;5-4(6)1-2-7-3-4/h2-8,11,14-17H,9-10,12-13,18H2,1H3,(H2,33,34);2-8,11-15H,9-10H2,1H3,(H2,27,28)(H,30,31);7H,1-3H2/b2*8-2+;. The van der Waals surface area contributed by atoms with Crippen LogP contribution in [0.15, 0.2) is 143 Å². The lowest BCUT2D eigenvalue weighted by Gasteiger charge is -2.16. The molecule has 0 unspecified atom stereocenters. The van der Waals surface area contributed by atoms with Gasteiger partial charge in [-0.1, -0.05) is 24.3 Å². The predicted octanol–water partition coefficient (Wildman–Crippen LogP) is 12.0. The van der Waals surface area contributed by atoms with Gasteiger partial charge in [0.15, 0.2) is 11.6 Å². The monoisotopic (exact) mass is 1050 g/mol. The van der Waals surface area contributed by atoms with E-state index in [2.05, 4.69) is 15.3 Å². The van der Waals surface area contributed by atoms with Gasteiger partial charge >= 0.3 is 5.97 Å². The first kappa shape index (κ1) is 54.6. The third-order valence-electron chi connectivity index (χ3n) is 12.9. The summed E-state index contributed by atoms with van der Waals surface area (Å²) in [4.78, 5) is 57.4. The molecule has 1 amide bonds. The van der Waals surface area contributed by atoms with Gasteiger partial charge in [-0.05, 0) is 168 Å². The van der Waals surface area contributed by atoms with Crippen molar-refractivity contribution < 1.29 is 50.7 Å². The van der Waals surface area contributed by atoms with Crippen LogP contribution >= 0.6 is 0 Å². The van der Waals surface area contributed by atoms with Crippen molar-refractivity contribution in [3.8, 4) is 22.3 Å². The third kappa shape index (κ3) is 14.8. The number of nitrogen functional groups attached to an aromatic ring is 2. The summed E-state index contributed by atoms with van der Waals surface area (Å²) in [6, 6.07) is 32.7. The molecule has 6 heterocycles. The summed E-state index contributed by atoms with van der Waals surface area (Å²) >= 11 is 0. The van der Waals surface area contributed by atoms with Gasteiger partial charge in [-0.25, -0.2) is 32.3 Å². The van der Waals surface area contributed by atoms with Crippen LogP contribution in [0, 0.1) is 13.8 Å². The fourth-order valence-electron chi connectivity index (χ4n) is 8.75. The number of amides is 1. The van der Waals surface area contributed by atoms with Crippen molar-refractivity contribution in [2.45, 2.75) is 64.2 Å². The number of fused-ring (bicyclic) bond motifs is 2. The van der Waals surface area contributed by atoms with Gasteiger partial charge in [-0.2, -0.15) is 0 Å². The number of carboxylic acids is 1. The number of likely N-dealkylation sites (tertiary alicyclic amines) is 1. The zero-order valence-corrected chi connectivity index (χ0v) is 42.3. The molecule has 2 aliphatic rings. The van der Waals surface area contributed by atoms with E-state index in [0.717, 1.165) is 78.0 Å². The minimum absolute atomic E-state index is 0.00166. The molecule has 0 atom stereocenters. The van der Waals surface area contributed by atoms with Crippen LogP contribution in [0.1, 0.15) is 80.2 Å². The van der Waals surface area contributed by atoms with E-state index in [1.165, 1.54) is 11.0 Å². The molecule has 6 N–H and O–H groups in total. The Labute approximate surface area is 441 Å². The maximum atomic E-state index is 13.5. The van der Waals surface area contributed by atoms with Crippen LogP contribution in [0.5, 0.6) is 0 Å². The second kappa shape index (κ2) is 23.9. The maximum Gasteiger partial charge on any atom is 0.335 e. The van der Waals surface area contributed by atoms with Crippen LogP contribution in [0.2, 0.25) is 0 Å². The number of aromatic nitrogens is 2. The van der Waals surface area contributed by atoms with Crippen molar-refractivity contribution in [1.82, 2.24) is 20.2 Å². The number of nitrogens with two attached hydrogens (primary N) is 2. The lowest BCUT2D eigenvalue weighted by Crippen LogP contribution is -2.31. The Bertz CT molecular complexity index is 3470. The molecule has 13 nitrogen and oxygen atoms in total. The largest absolute Gasteiger partial charge is 0.478 e. The molecule has 0 saturated carbocycles. The van der Waals surface area contributed by atoms with E-state index in [-0.39, 0.29) is 49.0 Å². The van der Waals surface area contributed by atoms with Gasteiger partial charge < -0.3 is 35.6 Å². The zero-order chi connectivity index (χ0) is 54.9. The Morgan fingerprint density at radius 2 is 1.12 bits per heavy atom. The topological polar surface area (TPSA) is 208 Å². The van der Waals surface area contributed by atoms with E-state index in [0.29, 0.717) is 49.4 Å². The number of nitrogens with one attached hydrogen (secondary N) is 1. The molecular weight excluding hydrogens is 993 g/mol. The van der Waals surface area contributed by atoms with Crippen molar-refractivity contribution in [3.05, 3.63) is 179 Å². The number of benzene rings is 4. The summed E-state index contributed by atoms with van der Waals surface area (Å²) in [7, 11) is 0. The highest BCUT2D eigenvalue weighted by Crippen LogP contribution is 2.33. The number of carbonyl (C=O) groups is 4. The number of rotatable bonds is 14. The highest BCUT2D eigenvalue weighted by atomic mass is 19.3. The minimum atomic E-state index is -2.81. The van der Waals surface area contributed by atoms with Crippen molar-refractivity contribution >= 4 is 69.2 Å². The lowest BCUT2D eigenvalue weighted by atomic mass is 10.00. The van der Waals surface area contributed by atoms with Crippen LogP contribution in [0.3, 0.4) is 0 Å². The second-order valence-corrected chi connectivity index (χ2v) is 19.1. The molecule has 2 saturated heterocycles. The first-order chi connectivity index (χ1) is 36.8. The van der Waals surface area contributed by atoms with Crippen LogP contribution in [0.4, 0.5) is 29.2 Å². The molecule has 0 spiro atoms. The van der Waals surface area contributed by atoms with Crippen molar-refractivity contribution in [2.75, 3.05) is 37.6 Å². The van der Waals surface area contributed by atoms with Gasteiger partial charge in [0, 0.05) is 80.3 Å². The third-order valence-corrected chi connectivity index (χ3v) is 12.9. The Morgan fingerprint density at radius 1 is 0.636 bits per heavy atom. The van der Waals surface area contributed by atoms with Crippen molar-refractivity contribution in [1.29, 1.82) is 0 Å². The molecule has 0 radical (unpaired) electrons. The Hall–Kier alpha value is -8.70. The van der Waals surface area contributed by atoms with Gasteiger partial charge in [0.25, 0.3) is 17.8 Å². The first-order valence-electron chi connectivity index (χ1n) is 24.9. The summed E-state index contributed by atoms with van der Waals surface area (Å²) in [5.74, 6) is -4.25. The molecule has 10 rings (SSSR count). The van der Waals surface area contributed by atoms with E-state index >= 15 is 0 Å². The number of pyridine rings is 2. The molecule has 0 aliphatic carbocycles. The van der Waals surface area contributed by atoms with E-state index in [4.69, 9.17) is 25.4 Å². The van der Waals surface area contributed by atoms with Crippen LogP contribution in [-0.2, 0) is 22.4 Å². The van der Waals surface area contributed by atoms with Crippen LogP contribution in [-0.4, -0.2) is 81.4 Å². The van der Waals surface area contributed by atoms with Crippen LogP contribution < -0.4 is 16.8 Å². The Kier molecular flexibility index (Phi) is 16.9. The zero-order valence-electron chi connectivity index (χ0n) is 42.3. The molecule has 396 valence electrons. The van der Waals surface area contributed by atoms with E-state index in [9.17, 15) is 36.7 Å². The number of allylic oxidation sites excluding steroid dienone is 2. The number of anilines is 2. The van der Waals surface area contributed by atoms with Gasteiger partial charge in [-0.15, -0.1) is 0 Å². The van der Waals surface area contributed by atoms with Crippen molar-refractivity contribution in [2.24, 2.45) is 0 Å². The highest BCUT2D eigenvalue weighted by molar-refractivity contribution is 5.96. The SMILES string of the molecule is Cc1cc(-c2ccc(C(=O)N3CCC(F)(F)C3)cc2)cc2cc(CCC(=O)/C=C/c3ccc(N)nc3)oc12.Cc1cc(-c2ccc(C(=O)O)cc2)cc2cc(CCC(=O)/C=C/c3ccc(N)nc3)oc12.FC1(F)CCNC1. The predicted molar refractivity (Wildman–Crippen MR) is 290 cm³/mol. The number of hydrogen-bond acceptors (Lipinski definition) is 11. The van der Waals surface area contributed by atoms with E-state index in [1.807, 2.05) is 62.4 Å². The van der Waals surface area contributed by atoms with E-state index in [1.54, 1.807) is 91.3 Å². The smallest absolute Gasteiger partial charge is 0.335 e. The number of ketones is 2. The molecule has 8 aromatic rings. The summed E-state index contributed by atoms with van der Waals surface area (Å²) in [5.41, 5.74) is 20.7. The Balaban J connectivity index is 0.000000182. The molecule has 4 aromatic carbocycles. The van der Waals surface area contributed by atoms with Gasteiger partial charge in [0.2, 0.25) is 0 Å². The number of furan rings is 2. The normalized spacial score (nSPS) is 14.6. The molecule has 2 aliphatic heterocycles. The molecule has 4 aromatic heterocycles. The van der Waals surface area contributed by atoms with E-state index < -0.39 is 24.4 Å². The number of alkyl halides is 4. The molecular formula is C60H56F4N6O7. The van der Waals surface area contributed by atoms with Gasteiger partial charge in [-0.3, -0.25) is 14.4 Å². The Morgan fingerprint density at radius 3 is 1.49 bits per heavy atom. The molecule has 0 bridgehead atoms. The highest BCUT2D eigenvalue weighted by Gasteiger charge is 2.40. The fourth-order valence-corrected chi connectivity index (χ4v) is 8.75. The first-order valence-corrected chi connectivity index (χ1v) is 24.9. The number of hydrogen-bond donors (Lipinski definition) is 4. The van der Waals surface area contributed by atoms with Crippen LogP contribution in [0.25, 0.3) is 56.3 Å². The number of aromatic carboxylic acids is 1.